The molecule has 0 bridgehead atoms. The van der Waals surface area contributed by atoms with Gasteiger partial charge in [-0.25, -0.2) is 0 Å². The SMILES string of the molecule is CC/C=C\C/C=C\C/C=C\C/C=C\C/C=C\CCCCCCCCCCCC(=O)OC(CO)COC(=O)CCCCCCCCCCCCCCCCCCCCCCCCCCCCCCCC. The first kappa shape index (κ1) is 66.6. The van der Waals surface area contributed by atoms with Crippen molar-refractivity contribution < 1.29 is 24.2 Å². The highest BCUT2D eigenvalue weighted by molar-refractivity contribution is 5.70. The molecule has 69 heavy (non-hydrogen) atoms. The Bertz CT molecular complexity index is 1180. The van der Waals surface area contributed by atoms with Crippen molar-refractivity contribution in [2.45, 2.75) is 322 Å². The maximum absolute atomic E-state index is 12.3. The van der Waals surface area contributed by atoms with Crippen LogP contribution in [0.5, 0.6) is 0 Å². The van der Waals surface area contributed by atoms with Gasteiger partial charge in [0.1, 0.15) is 6.61 Å². The van der Waals surface area contributed by atoms with Gasteiger partial charge in [-0.05, 0) is 57.8 Å². The van der Waals surface area contributed by atoms with Gasteiger partial charge in [0.15, 0.2) is 6.10 Å². The smallest absolute Gasteiger partial charge is 0.306 e. The monoisotopic (exact) mass is 965 g/mol. The van der Waals surface area contributed by atoms with Crippen LogP contribution >= 0.6 is 0 Å². The van der Waals surface area contributed by atoms with E-state index in [1.165, 1.54) is 218 Å². The molecule has 0 aliphatic carbocycles. The predicted octanol–water partition coefficient (Wildman–Crippen LogP) is 20.6. The summed E-state index contributed by atoms with van der Waals surface area (Å²) in [5.41, 5.74) is 0. The average molecular weight is 966 g/mol. The fourth-order valence-electron chi connectivity index (χ4n) is 9.06. The Morgan fingerprint density at radius 3 is 0.942 bits per heavy atom. The molecule has 1 unspecified atom stereocenters. The molecule has 0 amide bonds. The van der Waals surface area contributed by atoms with Crippen molar-refractivity contribution in [3.05, 3.63) is 60.8 Å². The van der Waals surface area contributed by atoms with Crippen LogP contribution in [0.4, 0.5) is 0 Å². The van der Waals surface area contributed by atoms with Crippen LogP contribution in [0.1, 0.15) is 316 Å². The molecular formula is C64H116O5. The molecule has 0 radical (unpaired) electrons. The lowest BCUT2D eigenvalue weighted by Gasteiger charge is -2.15. The molecule has 1 atom stereocenters. The Hall–Kier alpha value is -2.40. The zero-order valence-electron chi connectivity index (χ0n) is 46.1. The van der Waals surface area contributed by atoms with Crippen LogP contribution in [0.3, 0.4) is 0 Å². The minimum Gasteiger partial charge on any atom is -0.462 e. The third kappa shape index (κ3) is 58.1. The Kier molecular flexibility index (Phi) is 57.8. The number of esters is 2. The third-order valence-corrected chi connectivity index (χ3v) is 13.6. The summed E-state index contributed by atoms with van der Waals surface area (Å²) in [5.74, 6) is -0.585. The minimum atomic E-state index is -0.777. The summed E-state index contributed by atoms with van der Waals surface area (Å²) in [6, 6.07) is 0. The van der Waals surface area contributed by atoms with Gasteiger partial charge < -0.3 is 14.6 Å². The fourth-order valence-corrected chi connectivity index (χ4v) is 9.06. The first-order chi connectivity index (χ1) is 34.1. The van der Waals surface area contributed by atoms with Crippen molar-refractivity contribution >= 4 is 11.9 Å². The molecule has 0 fully saturated rings. The van der Waals surface area contributed by atoms with Crippen molar-refractivity contribution in [3.63, 3.8) is 0 Å². The second-order valence-corrected chi connectivity index (χ2v) is 20.4. The summed E-state index contributed by atoms with van der Waals surface area (Å²) >= 11 is 0. The molecule has 0 aliphatic rings. The molecule has 0 spiro atoms. The highest BCUT2D eigenvalue weighted by Crippen LogP contribution is 2.18. The number of hydrogen-bond donors (Lipinski definition) is 1. The molecule has 0 aromatic heterocycles. The van der Waals surface area contributed by atoms with E-state index in [1.807, 2.05) is 0 Å². The van der Waals surface area contributed by atoms with E-state index in [4.69, 9.17) is 9.47 Å². The number of hydrogen-bond acceptors (Lipinski definition) is 5. The number of ether oxygens (including phenoxy) is 2. The van der Waals surface area contributed by atoms with Gasteiger partial charge in [0.2, 0.25) is 0 Å². The lowest BCUT2D eigenvalue weighted by atomic mass is 10.0. The highest BCUT2D eigenvalue weighted by Gasteiger charge is 2.16. The Morgan fingerprint density at radius 1 is 0.348 bits per heavy atom. The summed E-state index contributed by atoms with van der Waals surface area (Å²) in [4.78, 5) is 24.6. The number of allylic oxidation sites excluding steroid dienone is 10. The molecule has 0 aromatic carbocycles. The Morgan fingerprint density at radius 2 is 0.623 bits per heavy atom. The number of carbonyl (C=O) groups excluding carboxylic acids is 2. The molecule has 0 aromatic rings. The highest BCUT2D eigenvalue weighted by atomic mass is 16.6. The van der Waals surface area contributed by atoms with Gasteiger partial charge in [0.05, 0.1) is 6.61 Å². The van der Waals surface area contributed by atoms with E-state index in [0.717, 1.165) is 70.6 Å². The molecule has 1 N–H and O–H groups in total. The van der Waals surface area contributed by atoms with Crippen LogP contribution in [0, 0.1) is 0 Å². The van der Waals surface area contributed by atoms with Crippen LogP contribution in [0.2, 0.25) is 0 Å². The molecule has 0 saturated carbocycles. The van der Waals surface area contributed by atoms with Crippen molar-refractivity contribution in [1.29, 1.82) is 0 Å². The van der Waals surface area contributed by atoms with Gasteiger partial charge in [-0.15, -0.1) is 0 Å². The lowest BCUT2D eigenvalue weighted by Crippen LogP contribution is -2.28. The summed E-state index contributed by atoms with van der Waals surface area (Å²) in [6.07, 6.45) is 80.7. The molecule has 0 heterocycles. The second-order valence-electron chi connectivity index (χ2n) is 20.4. The zero-order valence-corrected chi connectivity index (χ0v) is 46.1. The molecule has 0 aliphatic heterocycles. The van der Waals surface area contributed by atoms with Crippen LogP contribution in [-0.4, -0.2) is 36.4 Å². The van der Waals surface area contributed by atoms with Gasteiger partial charge in [-0.2, -0.15) is 0 Å². The Balaban J connectivity index is 3.44. The van der Waals surface area contributed by atoms with E-state index in [9.17, 15) is 14.7 Å². The van der Waals surface area contributed by atoms with Crippen molar-refractivity contribution in [2.75, 3.05) is 13.2 Å². The van der Waals surface area contributed by atoms with Crippen molar-refractivity contribution in [2.24, 2.45) is 0 Å². The number of carbonyl (C=O) groups is 2. The van der Waals surface area contributed by atoms with Crippen molar-refractivity contribution in [3.8, 4) is 0 Å². The standard InChI is InChI=1S/C64H116O5/c1-3-5-7-9-11-13-15-17-19-21-23-25-27-29-30-31-32-33-35-36-38-40-42-44-46-48-50-52-54-56-58-63(66)68-61-62(60-65)69-64(67)59-57-55-53-51-49-47-45-43-41-39-37-34-28-26-24-22-20-18-16-14-12-10-8-6-4-2/h6,8,12,14,18,20,24,26,34,37,62,65H,3-5,7,9-11,13,15-17,19,21-23,25,27-33,35-36,38-61H2,1-2H3/b8-6-,14-12-,20-18-,26-24-,37-34-. The molecule has 5 heteroatoms. The lowest BCUT2D eigenvalue weighted by molar-refractivity contribution is -0.161. The summed E-state index contributed by atoms with van der Waals surface area (Å²) < 4.78 is 10.7. The van der Waals surface area contributed by atoms with E-state index in [2.05, 4.69) is 74.6 Å². The fraction of sp³-hybridized carbons (Fsp3) is 0.812. The quantitative estimate of drug-likeness (QED) is 0.0373. The van der Waals surface area contributed by atoms with Crippen LogP contribution < -0.4 is 0 Å². The molecule has 0 rings (SSSR count). The topological polar surface area (TPSA) is 72.8 Å². The molecule has 0 saturated heterocycles. The maximum atomic E-state index is 12.3. The van der Waals surface area contributed by atoms with Crippen LogP contribution in [-0.2, 0) is 19.1 Å². The number of aliphatic hydroxyl groups excluding tert-OH is 1. The van der Waals surface area contributed by atoms with E-state index in [-0.39, 0.29) is 25.2 Å². The third-order valence-electron chi connectivity index (χ3n) is 13.6. The van der Waals surface area contributed by atoms with Crippen LogP contribution in [0.25, 0.3) is 0 Å². The van der Waals surface area contributed by atoms with E-state index >= 15 is 0 Å². The molecular weight excluding hydrogens is 849 g/mol. The Labute approximate surface area is 430 Å². The zero-order chi connectivity index (χ0) is 49.9. The first-order valence-electron chi connectivity index (χ1n) is 30.3. The van der Waals surface area contributed by atoms with E-state index in [1.54, 1.807) is 0 Å². The first-order valence-corrected chi connectivity index (χ1v) is 30.3. The van der Waals surface area contributed by atoms with Gasteiger partial charge in [-0.1, -0.05) is 306 Å². The van der Waals surface area contributed by atoms with Crippen LogP contribution in [0.15, 0.2) is 60.8 Å². The number of rotatable bonds is 56. The molecule has 5 nitrogen and oxygen atoms in total. The summed E-state index contributed by atoms with van der Waals surface area (Å²) in [7, 11) is 0. The number of unbranched alkanes of at least 4 members (excludes halogenated alkanes) is 38. The normalized spacial score (nSPS) is 12.6. The van der Waals surface area contributed by atoms with Gasteiger partial charge in [0.25, 0.3) is 0 Å². The largest absolute Gasteiger partial charge is 0.462 e. The minimum absolute atomic E-state index is 0.0665. The summed E-state index contributed by atoms with van der Waals surface area (Å²) in [5, 5.41) is 9.67. The molecule has 402 valence electrons. The van der Waals surface area contributed by atoms with E-state index in [0.29, 0.717) is 12.8 Å². The van der Waals surface area contributed by atoms with Crippen molar-refractivity contribution in [1.82, 2.24) is 0 Å². The number of aliphatic hydroxyl groups is 1. The second kappa shape index (κ2) is 59.9. The van der Waals surface area contributed by atoms with Gasteiger partial charge in [-0.3, -0.25) is 9.59 Å². The summed E-state index contributed by atoms with van der Waals surface area (Å²) in [6.45, 7) is 4.06. The van der Waals surface area contributed by atoms with Gasteiger partial charge >= 0.3 is 11.9 Å². The van der Waals surface area contributed by atoms with Gasteiger partial charge in [0, 0.05) is 12.8 Å². The van der Waals surface area contributed by atoms with E-state index < -0.39 is 6.10 Å². The maximum Gasteiger partial charge on any atom is 0.306 e. The average Bonchev–Trinajstić information content (AvgIpc) is 3.35. The predicted molar refractivity (Wildman–Crippen MR) is 302 cm³/mol.